The molecule has 1 aliphatic heterocycles. The summed E-state index contributed by atoms with van der Waals surface area (Å²) in [7, 11) is 0. The Hall–Kier alpha value is -0.650. The summed E-state index contributed by atoms with van der Waals surface area (Å²) < 4.78 is 1.01. The third-order valence-electron chi connectivity index (χ3n) is 3.20. The van der Waals surface area contributed by atoms with Crippen LogP contribution in [0.25, 0.3) is 0 Å². The summed E-state index contributed by atoms with van der Waals surface area (Å²) in [6.07, 6.45) is 2.18. The molecule has 1 amide bonds. The predicted octanol–water partition coefficient (Wildman–Crippen LogP) is 4.55. The number of carbonyl (C=O) groups is 1. The maximum absolute atomic E-state index is 12.5. The van der Waals surface area contributed by atoms with Gasteiger partial charge in [-0.15, -0.1) is 22.7 Å². The lowest BCUT2D eigenvalue weighted by molar-refractivity contribution is 0.0738. The van der Waals surface area contributed by atoms with E-state index in [-0.39, 0.29) is 11.9 Å². The van der Waals surface area contributed by atoms with Gasteiger partial charge in [-0.2, -0.15) is 0 Å². The van der Waals surface area contributed by atoms with E-state index in [9.17, 15) is 4.79 Å². The highest BCUT2D eigenvalue weighted by atomic mass is 79.9. The van der Waals surface area contributed by atoms with Crippen LogP contribution in [0.4, 0.5) is 0 Å². The Morgan fingerprint density at radius 2 is 2.33 bits per heavy atom. The van der Waals surface area contributed by atoms with Crippen LogP contribution in [0.15, 0.2) is 32.7 Å². The van der Waals surface area contributed by atoms with Crippen molar-refractivity contribution in [1.82, 2.24) is 4.90 Å². The van der Waals surface area contributed by atoms with E-state index >= 15 is 0 Å². The predicted molar refractivity (Wildman–Crippen MR) is 79.3 cm³/mol. The average Bonchev–Trinajstić information content (AvgIpc) is 3.08. The maximum Gasteiger partial charge on any atom is 0.255 e. The molecular weight excluding hydrogens is 330 g/mol. The number of carbonyl (C=O) groups excluding carboxylic acids is 1. The summed E-state index contributed by atoms with van der Waals surface area (Å²) >= 11 is 6.72. The lowest BCUT2D eigenvalue weighted by atomic mass is 10.1. The fourth-order valence-electron chi connectivity index (χ4n) is 2.37. The van der Waals surface area contributed by atoms with Crippen molar-refractivity contribution in [2.45, 2.75) is 18.9 Å². The van der Waals surface area contributed by atoms with E-state index in [2.05, 4.69) is 33.4 Å². The lowest BCUT2D eigenvalue weighted by Gasteiger charge is -2.23. The Kier molecular flexibility index (Phi) is 3.54. The van der Waals surface area contributed by atoms with Crippen LogP contribution in [-0.4, -0.2) is 17.4 Å². The van der Waals surface area contributed by atoms with E-state index in [1.165, 1.54) is 4.88 Å². The van der Waals surface area contributed by atoms with Crippen molar-refractivity contribution in [2.75, 3.05) is 6.54 Å². The molecule has 0 N–H and O–H groups in total. The third-order valence-corrected chi connectivity index (χ3v) is 5.68. The van der Waals surface area contributed by atoms with Crippen LogP contribution in [0.1, 0.15) is 34.1 Å². The van der Waals surface area contributed by atoms with Crippen molar-refractivity contribution in [3.05, 3.63) is 43.2 Å². The summed E-state index contributed by atoms with van der Waals surface area (Å²) in [4.78, 5) is 15.8. The van der Waals surface area contributed by atoms with Crippen molar-refractivity contribution >= 4 is 44.5 Å². The Balaban J connectivity index is 1.85. The van der Waals surface area contributed by atoms with E-state index in [0.717, 1.165) is 28.7 Å². The first-order valence-corrected chi connectivity index (χ1v) is 8.39. The van der Waals surface area contributed by atoms with Crippen LogP contribution in [0.5, 0.6) is 0 Å². The molecule has 2 nitrogen and oxygen atoms in total. The Bertz CT molecular complexity index is 549. The van der Waals surface area contributed by atoms with Gasteiger partial charge in [0.1, 0.15) is 0 Å². The molecule has 0 aliphatic carbocycles. The normalized spacial score (nSPS) is 19.4. The van der Waals surface area contributed by atoms with Gasteiger partial charge in [0.2, 0.25) is 0 Å². The summed E-state index contributed by atoms with van der Waals surface area (Å²) in [5, 5.41) is 4.01. The second kappa shape index (κ2) is 5.15. The minimum Gasteiger partial charge on any atom is -0.331 e. The smallest absolute Gasteiger partial charge is 0.255 e. The van der Waals surface area contributed by atoms with Crippen LogP contribution < -0.4 is 0 Å². The highest BCUT2D eigenvalue weighted by Gasteiger charge is 2.31. The van der Waals surface area contributed by atoms with Crippen LogP contribution in [0.3, 0.4) is 0 Å². The van der Waals surface area contributed by atoms with Gasteiger partial charge in [-0.25, -0.2) is 0 Å². The van der Waals surface area contributed by atoms with Gasteiger partial charge in [0.15, 0.2) is 0 Å². The Morgan fingerprint density at radius 1 is 1.44 bits per heavy atom. The van der Waals surface area contributed by atoms with E-state index in [1.807, 2.05) is 16.3 Å². The standard InChI is InChI=1S/C13H12BrNOS2/c14-12-7-9(8-18-12)13(16)15-5-1-3-10(15)11-4-2-6-17-11/h2,4,6-8,10H,1,3,5H2. The highest BCUT2D eigenvalue weighted by Crippen LogP contribution is 2.36. The minimum absolute atomic E-state index is 0.160. The first-order chi connectivity index (χ1) is 8.75. The first kappa shape index (κ1) is 12.4. The van der Waals surface area contributed by atoms with Crippen LogP contribution in [0.2, 0.25) is 0 Å². The molecule has 18 heavy (non-hydrogen) atoms. The second-order valence-electron chi connectivity index (χ2n) is 4.31. The molecule has 2 aromatic rings. The van der Waals surface area contributed by atoms with Gasteiger partial charge in [0.05, 0.1) is 15.4 Å². The molecule has 1 saturated heterocycles. The number of hydrogen-bond donors (Lipinski definition) is 0. The van der Waals surface area contributed by atoms with Gasteiger partial charge < -0.3 is 4.90 Å². The summed E-state index contributed by atoms with van der Waals surface area (Å²) in [6, 6.07) is 6.37. The first-order valence-electron chi connectivity index (χ1n) is 5.84. The monoisotopic (exact) mass is 341 g/mol. The molecule has 0 aromatic carbocycles. The summed E-state index contributed by atoms with van der Waals surface area (Å²) in [5.74, 6) is 0.160. The Labute approximate surface area is 122 Å². The number of rotatable bonds is 2. The van der Waals surface area contributed by atoms with Gasteiger partial charge >= 0.3 is 0 Å². The molecular formula is C13H12BrNOS2. The zero-order chi connectivity index (χ0) is 12.5. The fraction of sp³-hybridized carbons (Fsp3) is 0.308. The molecule has 0 saturated carbocycles. The average molecular weight is 342 g/mol. The lowest BCUT2D eigenvalue weighted by Crippen LogP contribution is -2.29. The maximum atomic E-state index is 12.5. The van der Waals surface area contributed by atoms with Crippen molar-refractivity contribution in [1.29, 1.82) is 0 Å². The van der Waals surface area contributed by atoms with Crippen LogP contribution >= 0.6 is 38.6 Å². The SMILES string of the molecule is O=C(c1csc(Br)c1)N1CCCC1c1cccs1. The molecule has 1 aliphatic rings. The van der Waals surface area contributed by atoms with Gasteiger partial charge in [0.25, 0.3) is 5.91 Å². The van der Waals surface area contributed by atoms with Gasteiger partial charge in [-0.3, -0.25) is 4.79 Å². The number of thiophene rings is 2. The van der Waals surface area contributed by atoms with Crippen molar-refractivity contribution in [2.24, 2.45) is 0 Å². The molecule has 2 aromatic heterocycles. The zero-order valence-corrected chi connectivity index (χ0v) is 12.9. The third kappa shape index (κ3) is 2.27. The topological polar surface area (TPSA) is 20.3 Å². The molecule has 3 heterocycles. The second-order valence-corrected chi connectivity index (χ2v) is 7.58. The molecule has 0 radical (unpaired) electrons. The highest BCUT2D eigenvalue weighted by molar-refractivity contribution is 9.11. The molecule has 94 valence electrons. The molecule has 1 unspecified atom stereocenters. The molecule has 0 spiro atoms. The molecule has 1 atom stereocenters. The molecule has 3 rings (SSSR count). The minimum atomic E-state index is 0.160. The number of hydrogen-bond acceptors (Lipinski definition) is 3. The quantitative estimate of drug-likeness (QED) is 0.784. The van der Waals surface area contributed by atoms with Crippen LogP contribution in [-0.2, 0) is 0 Å². The number of likely N-dealkylation sites (tertiary alicyclic amines) is 1. The van der Waals surface area contributed by atoms with E-state index in [0.29, 0.717) is 0 Å². The van der Waals surface area contributed by atoms with Gasteiger partial charge in [0, 0.05) is 16.8 Å². The van der Waals surface area contributed by atoms with Crippen molar-refractivity contribution in [3.8, 4) is 0 Å². The van der Waals surface area contributed by atoms with E-state index < -0.39 is 0 Å². The number of amides is 1. The van der Waals surface area contributed by atoms with Crippen molar-refractivity contribution in [3.63, 3.8) is 0 Å². The van der Waals surface area contributed by atoms with Gasteiger partial charge in [-0.05, 0) is 46.3 Å². The molecule has 5 heteroatoms. The largest absolute Gasteiger partial charge is 0.331 e. The van der Waals surface area contributed by atoms with Crippen molar-refractivity contribution < 1.29 is 4.79 Å². The number of nitrogens with zero attached hydrogens (tertiary/aromatic N) is 1. The number of halogens is 1. The van der Waals surface area contributed by atoms with Gasteiger partial charge in [-0.1, -0.05) is 6.07 Å². The van der Waals surface area contributed by atoms with Crippen LogP contribution in [0, 0.1) is 0 Å². The fourth-order valence-corrected chi connectivity index (χ4v) is 4.38. The van der Waals surface area contributed by atoms with E-state index in [4.69, 9.17) is 0 Å². The molecule has 1 fully saturated rings. The summed E-state index contributed by atoms with van der Waals surface area (Å²) in [5.41, 5.74) is 0.801. The van der Waals surface area contributed by atoms with E-state index in [1.54, 1.807) is 22.7 Å². The zero-order valence-electron chi connectivity index (χ0n) is 9.64. The molecule has 0 bridgehead atoms. The summed E-state index contributed by atoms with van der Waals surface area (Å²) in [6.45, 7) is 0.870. The Morgan fingerprint density at radius 3 is 3.00 bits per heavy atom.